The molecule has 1 amide bonds. The minimum absolute atomic E-state index is 0.145. The SMILES string of the molecule is O=C(c1ccc2sccc2c1)N1CCC12CCNCC2.O=CO. The molecule has 1 spiro atoms. The molecule has 2 aromatic rings. The van der Waals surface area contributed by atoms with Crippen LogP contribution in [0.1, 0.15) is 29.6 Å². The van der Waals surface area contributed by atoms with E-state index in [1.54, 1.807) is 11.3 Å². The van der Waals surface area contributed by atoms with Gasteiger partial charge in [0.25, 0.3) is 12.4 Å². The number of hydrogen-bond donors (Lipinski definition) is 2. The average molecular weight is 332 g/mol. The third-order valence-corrected chi connectivity index (χ3v) is 5.75. The zero-order chi connectivity index (χ0) is 16.3. The van der Waals surface area contributed by atoms with Crippen molar-refractivity contribution in [2.24, 2.45) is 0 Å². The van der Waals surface area contributed by atoms with E-state index in [9.17, 15) is 4.79 Å². The monoisotopic (exact) mass is 332 g/mol. The fourth-order valence-corrected chi connectivity index (χ4v) is 4.30. The maximum atomic E-state index is 12.8. The van der Waals surface area contributed by atoms with Gasteiger partial charge in [0.15, 0.2) is 0 Å². The Labute approximate surface area is 138 Å². The fraction of sp³-hybridized carbons (Fsp3) is 0.412. The number of fused-ring (bicyclic) bond motifs is 1. The summed E-state index contributed by atoms with van der Waals surface area (Å²) in [7, 11) is 0. The van der Waals surface area contributed by atoms with Crippen LogP contribution >= 0.6 is 11.3 Å². The molecule has 1 aromatic heterocycles. The molecule has 0 unspecified atom stereocenters. The van der Waals surface area contributed by atoms with Gasteiger partial charge in [-0.2, -0.15) is 0 Å². The summed E-state index contributed by atoms with van der Waals surface area (Å²) in [5, 5.41) is 13.5. The Hall–Kier alpha value is -1.92. The summed E-state index contributed by atoms with van der Waals surface area (Å²) in [5.74, 6) is 0.214. The maximum absolute atomic E-state index is 12.8. The lowest BCUT2D eigenvalue weighted by Gasteiger charge is -2.55. The van der Waals surface area contributed by atoms with Gasteiger partial charge in [0.1, 0.15) is 0 Å². The Balaban J connectivity index is 0.000000485. The highest BCUT2D eigenvalue weighted by atomic mass is 32.1. The van der Waals surface area contributed by atoms with Crippen LogP contribution in [-0.4, -0.2) is 47.6 Å². The lowest BCUT2D eigenvalue weighted by molar-refractivity contribution is -0.122. The van der Waals surface area contributed by atoms with Gasteiger partial charge < -0.3 is 15.3 Å². The molecule has 4 rings (SSSR count). The molecule has 5 nitrogen and oxygen atoms in total. The largest absolute Gasteiger partial charge is 0.483 e. The van der Waals surface area contributed by atoms with Crippen LogP contribution in [0.15, 0.2) is 29.6 Å². The fourth-order valence-electron chi connectivity index (χ4n) is 3.52. The number of carbonyl (C=O) groups is 2. The van der Waals surface area contributed by atoms with Crippen LogP contribution in [0, 0.1) is 0 Å². The van der Waals surface area contributed by atoms with Gasteiger partial charge in [-0.05, 0) is 67.4 Å². The van der Waals surface area contributed by atoms with Gasteiger partial charge in [-0.15, -0.1) is 11.3 Å². The number of piperidine rings is 1. The first kappa shape index (κ1) is 16.0. The van der Waals surface area contributed by atoms with Gasteiger partial charge in [0.2, 0.25) is 0 Å². The highest BCUT2D eigenvalue weighted by molar-refractivity contribution is 7.17. The number of carbonyl (C=O) groups excluding carboxylic acids is 1. The van der Waals surface area contributed by atoms with Gasteiger partial charge in [-0.1, -0.05) is 0 Å². The normalized spacial score (nSPS) is 18.9. The van der Waals surface area contributed by atoms with Crippen LogP contribution in [0.25, 0.3) is 10.1 Å². The van der Waals surface area contributed by atoms with Crippen LogP contribution in [0.2, 0.25) is 0 Å². The summed E-state index contributed by atoms with van der Waals surface area (Å²) >= 11 is 1.72. The molecule has 2 saturated heterocycles. The number of amides is 1. The summed E-state index contributed by atoms with van der Waals surface area (Å²) in [6, 6.07) is 8.19. The number of nitrogens with zero attached hydrogens (tertiary/aromatic N) is 1. The summed E-state index contributed by atoms with van der Waals surface area (Å²) in [4.78, 5) is 23.2. The van der Waals surface area contributed by atoms with Crippen molar-refractivity contribution in [3.05, 3.63) is 35.2 Å². The standard InChI is InChI=1S/C16H18N2OS.CH2O2/c19-15(13-1-2-14-12(11-13)3-10-20-14)18-9-6-16(18)4-7-17-8-5-16;2-1-3/h1-3,10-11,17H,4-9H2;1H,(H,2,3). The maximum Gasteiger partial charge on any atom is 0.290 e. The van der Waals surface area contributed by atoms with Crippen LogP contribution in [0.3, 0.4) is 0 Å². The Kier molecular flexibility index (Phi) is 4.63. The third-order valence-electron chi connectivity index (χ3n) is 4.85. The number of likely N-dealkylation sites (tertiary alicyclic amines) is 1. The second-order valence-corrected chi connectivity index (χ2v) is 6.91. The van der Waals surface area contributed by atoms with Crippen LogP contribution in [-0.2, 0) is 4.79 Å². The van der Waals surface area contributed by atoms with Crippen molar-refractivity contribution in [1.29, 1.82) is 0 Å². The Morgan fingerprint density at radius 1 is 1.26 bits per heavy atom. The minimum atomic E-state index is -0.250. The quantitative estimate of drug-likeness (QED) is 0.788. The van der Waals surface area contributed by atoms with E-state index >= 15 is 0 Å². The first-order valence-electron chi connectivity index (χ1n) is 7.78. The topological polar surface area (TPSA) is 69.6 Å². The predicted octanol–water partition coefficient (Wildman–Crippen LogP) is 2.57. The first-order valence-corrected chi connectivity index (χ1v) is 8.66. The lowest BCUT2D eigenvalue weighted by Crippen LogP contribution is -2.65. The Morgan fingerprint density at radius 3 is 2.65 bits per heavy atom. The van der Waals surface area contributed by atoms with Crippen molar-refractivity contribution in [3.8, 4) is 0 Å². The summed E-state index contributed by atoms with van der Waals surface area (Å²) < 4.78 is 1.25. The van der Waals surface area contributed by atoms with E-state index in [1.165, 1.54) is 16.5 Å². The molecule has 2 aliphatic rings. The molecule has 0 aliphatic carbocycles. The number of benzene rings is 1. The van der Waals surface area contributed by atoms with E-state index in [2.05, 4.69) is 27.7 Å². The molecular formula is C17H20N2O3S. The summed E-state index contributed by atoms with van der Waals surface area (Å²) in [6.45, 7) is 2.74. The highest BCUT2D eigenvalue weighted by Crippen LogP contribution is 2.39. The van der Waals surface area contributed by atoms with Crippen LogP contribution < -0.4 is 5.32 Å². The predicted molar refractivity (Wildman–Crippen MR) is 91.0 cm³/mol. The van der Waals surface area contributed by atoms with Crippen molar-refractivity contribution < 1.29 is 14.7 Å². The average Bonchev–Trinajstić information content (AvgIpc) is 3.03. The van der Waals surface area contributed by atoms with Crippen LogP contribution in [0.5, 0.6) is 0 Å². The molecule has 2 fully saturated rings. The Bertz CT molecular complexity index is 707. The van der Waals surface area contributed by atoms with Gasteiger partial charge in [0.05, 0.1) is 0 Å². The number of thiophene rings is 1. The molecule has 6 heteroatoms. The number of hydrogen-bond acceptors (Lipinski definition) is 4. The van der Waals surface area contributed by atoms with Crippen molar-refractivity contribution in [1.82, 2.24) is 10.2 Å². The third kappa shape index (κ3) is 2.96. The number of nitrogens with one attached hydrogen (secondary N) is 1. The van der Waals surface area contributed by atoms with Crippen molar-refractivity contribution in [2.45, 2.75) is 24.8 Å². The van der Waals surface area contributed by atoms with E-state index < -0.39 is 0 Å². The smallest absolute Gasteiger partial charge is 0.290 e. The molecule has 23 heavy (non-hydrogen) atoms. The van der Waals surface area contributed by atoms with Gasteiger partial charge in [-0.25, -0.2) is 0 Å². The van der Waals surface area contributed by atoms with Crippen molar-refractivity contribution in [2.75, 3.05) is 19.6 Å². The van der Waals surface area contributed by atoms with E-state index in [0.717, 1.165) is 38.0 Å². The van der Waals surface area contributed by atoms with Crippen molar-refractivity contribution >= 4 is 33.8 Å². The van der Waals surface area contributed by atoms with E-state index in [1.807, 2.05) is 12.1 Å². The van der Waals surface area contributed by atoms with Gasteiger partial charge in [0, 0.05) is 22.3 Å². The second kappa shape index (κ2) is 6.68. The minimum Gasteiger partial charge on any atom is -0.483 e. The van der Waals surface area contributed by atoms with Gasteiger partial charge in [-0.3, -0.25) is 9.59 Å². The molecule has 122 valence electrons. The molecule has 0 atom stereocenters. The molecular weight excluding hydrogens is 312 g/mol. The molecule has 2 N–H and O–H groups in total. The van der Waals surface area contributed by atoms with E-state index in [-0.39, 0.29) is 17.9 Å². The number of rotatable bonds is 1. The molecule has 3 heterocycles. The van der Waals surface area contributed by atoms with E-state index in [0.29, 0.717) is 0 Å². The Morgan fingerprint density at radius 2 is 2.00 bits per heavy atom. The number of carboxylic acid groups (broad SMARTS) is 1. The summed E-state index contributed by atoms with van der Waals surface area (Å²) in [5.41, 5.74) is 0.986. The van der Waals surface area contributed by atoms with Gasteiger partial charge >= 0.3 is 0 Å². The molecule has 1 aromatic carbocycles. The first-order chi connectivity index (χ1) is 11.2. The van der Waals surface area contributed by atoms with E-state index in [4.69, 9.17) is 9.90 Å². The van der Waals surface area contributed by atoms with Crippen LogP contribution in [0.4, 0.5) is 0 Å². The zero-order valence-corrected chi connectivity index (χ0v) is 13.6. The van der Waals surface area contributed by atoms with Crippen molar-refractivity contribution in [3.63, 3.8) is 0 Å². The molecule has 0 saturated carbocycles. The highest BCUT2D eigenvalue weighted by Gasteiger charge is 2.47. The second-order valence-electron chi connectivity index (χ2n) is 5.96. The summed E-state index contributed by atoms with van der Waals surface area (Å²) in [6.07, 6.45) is 3.36. The zero-order valence-electron chi connectivity index (χ0n) is 12.8. The lowest BCUT2D eigenvalue weighted by atomic mass is 9.76. The molecule has 0 bridgehead atoms. The molecule has 2 aliphatic heterocycles. The molecule has 0 radical (unpaired) electrons.